The largest absolute Gasteiger partial charge is 0.412 e. The molecule has 4 radical (unpaired) electrons. The molecule has 20 N–H and O–H groups in total. The van der Waals surface area contributed by atoms with Gasteiger partial charge in [0.1, 0.15) is 37.7 Å². The molecule has 0 aromatic carbocycles. The predicted octanol–water partition coefficient (Wildman–Crippen LogP) is -7.40. The third kappa shape index (κ3) is 2190. The van der Waals surface area contributed by atoms with Crippen LogP contribution in [0.3, 0.4) is 0 Å². The van der Waals surface area contributed by atoms with Crippen LogP contribution in [0.4, 0.5) is 0 Å². The summed E-state index contributed by atoms with van der Waals surface area (Å²) >= 11 is 0. The molecular weight excluding hydrogens is 956 g/mol. The van der Waals surface area contributed by atoms with Crippen LogP contribution in [0.1, 0.15) is 41.5 Å². The number of hydrogen-bond acceptors (Lipinski definition) is 12. The van der Waals surface area contributed by atoms with Crippen molar-refractivity contribution in [3.63, 3.8) is 0 Å². The molecule has 0 fully saturated rings. The minimum atomic E-state index is -1.17. The van der Waals surface area contributed by atoms with E-state index in [1.807, 2.05) is 0 Å². The molecule has 0 rings (SSSR count). The molecule has 0 aromatic heterocycles. The van der Waals surface area contributed by atoms with Crippen molar-refractivity contribution in [2.24, 2.45) is 0 Å². The Labute approximate surface area is 300 Å². The summed E-state index contributed by atoms with van der Waals surface area (Å²) in [5.41, 5.74) is 0. The first kappa shape index (κ1) is 91.0. The van der Waals surface area contributed by atoms with E-state index >= 15 is 0 Å². The second-order valence-corrected chi connectivity index (χ2v) is 3.79. The van der Waals surface area contributed by atoms with Crippen molar-refractivity contribution < 1.29 is 226 Å². The Balaban J connectivity index is -0.00000000964. The molecule has 200 valence electrons. The van der Waals surface area contributed by atoms with Crippen molar-refractivity contribution in [2.45, 2.75) is 79.3 Å². The Hall–Kier alpha value is 4.14. The van der Waals surface area contributed by atoms with Crippen molar-refractivity contribution in [3.8, 4) is 0 Å². The van der Waals surface area contributed by atoms with Gasteiger partial charge >= 0.3 is 0 Å². The predicted molar refractivity (Wildman–Crippen MR) is 97.9 cm³/mol. The molecule has 0 atom stereocenters. The first-order valence-corrected chi connectivity index (χ1v) is 6.56. The maximum atomic E-state index is 7.61. The van der Waals surface area contributed by atoms with Crippen LogP contribution in [0, 0.1) is 142 Å². The van der Waals surface area contributed by atoms with E-state index in [0.29, 0.717) is 0 Å². The van der Waals surface area contributed by atoms with Gasteiger partial charge in [-0.3, -0.25) is 0 Å². The van der Waals surface area contributed by atoms with Crippen molar-refractivity contribution in [3.05, 3.63) is 0 Å². The van der Waals surface area contributed by atoms with Crippen LogP contribution < -0.4 is 0 Å². The zero-order chi connectivity index (χ0) is 21.5. The van der Waals surface area contributed by atoms with Gasteiger partial charge in [-0.05, 0) is 41.5 Å². The molecule has 16 nitrogen and oxygen atoms in total. The van der Waals surface area contributed by atoms with Crippen molar-refractivity contribution in [1.29, 1.82) is 0 Å². The van der Waals surface area contributed by atoms with E-state index in [2.05, 4.69) is 0 Å². The Morgan fingerprint density at radius 1 is 0.250 bits per heavy atom. The fourth-order valence-electron chi connectivity index (χ4n) is 0. The van der Waals surface area contributed by atoms with E-state index in [-0.39, 0.29) is 164 Å². The second kappa shape index (κ2) is 83.6. The molecule has 0 aromatic rings. The van der Waals surface area contributed by atoms with Crippen molar-refractivity contribution >= 4 is 0 Å². The SMILES string of the molecule is CC(O)O.CC(O)O.CC(O)O.CC(O)O.CC(O)O.CC(O)O.O.O.O.O.[La].[La].[La].[La]. The van der Waals surface area contributed by atoms with Crippen molar-refractivity contribution in [1.82, 2.24) is 0 Å². The summed E-state index contributed by atoms with van der Waals surface area (Å²) in [4.78, 5) is 0. The zero-order valence-electron chi connectivity index (χ0n) is 19.1. The van der Waals surface area contributed by atoms with Gasteiger partial charge in [0.2, 0.25) is 0 Å². The summed E-state index contributed by atoms with van der Waals surface area (Å²) in [6.07, 6.45) is -7.00. The van der Waals surface area contributed by atoms with E-state index in [0.717, 1.165) is 0 Å². The van der Waals surface area contributed by atoms with Gasteiger partial charge in [0.15, 0.2) is 0 Å². The van der Waals surface area contributed by atoms with Crippen LogP contribution in [0.15, 0.2) is 0 Å². The Morgan fingerprint density at radius 2 is 0.250 bits per heavy atom. The summed E-state index contributed by atoms with van der Waals surface area (Å²) < 4.78 is 0. The molecule has 0 amide bonds. The molecule has 0 aliphatic rings. The average molecular weight is 1000 g/mol. The summed E-state index contributed by atoms with van der Waals surface area (Å²) in [5, 5.41) is 91.3. The molecule has 0 saturated carbocycles. The molecule has 0 bridgehead atoms. The molecule has 0 saturated heterocycles. The molecule has 20 heteroatoms. The third-order valence-corrected chi connectivity index (χ3v) is 0. The number of rotatable bonds is 0. The quantitative estimate of drug-likeness (QED) is 0.101. The summed E-state index contributed by atoms with van der Waals surface area (Å²) in [6.45, 7) is 7.67. The molecule has 32 heavy (non-hydrogen) atoms. The third-order valence-electron chi connectivity index (χ3n) is 0. The van der Waals surface area contributed by atoms with Crippen LogP contribution >= 0.6 is 0 Å². The molecule has 0 unspecified atom stereocenters. The zero-order valence-corrected chi connectivity index (χ0v) is 33.6. The number of aliphatic hydroxyl groups is 12. The summed E-state index contributed by atoms with van der Waals surface area (Å²) in [5.74, 6) is 0. The minimum Gasteiger partial charge on any atom is -0.412 e. The fourth-order valence-corrected chi connectivity index (χ4v) is 0. The summed E-state index contributed by atoms with van der Waals surface area (Å²) in [6, 6.07) is 0. The standard InChI is InChI=1S/6C2H6O2.4La.4H2O/c6*1-2(3)4;;;;;;;;/h6*2-4H,1H3;;;;;4*1H2. The van der Waals surface area contributed by atoms with Gasteiger partial charge in [-0.25, -0.2) is 0 Å². The van der Waals surface area contributed by atoms with E-state index < -0.39 is 37.7 Å². The van der Waals surface area contributed by atoms with Gasteiger partial charge in [0, 0.05) is 142 Å². The van der Waals surface area contributed by atoms with Crippen LogP contribution in [0.2, 0.25) is 0 Å². The fraction of sp³-hybridized carbons (Fsp3) is 1.00. The van der Waals surface area contributed by atoms with Crippen molar-refractivity contribution in [2.75, 3.05) is 0 Å². The van der Waals surface area contributed by atoms with Crippen LogP contribution in [0.5, 0.6) is 0 Å². The molecule has 0 heterocycles. The normalized spacial score (nSPS) is 6.75. The van der Waals surface area contributed by atoms with Gasteiger partial charge in [-0.15, -0.1) is 0 Å². The van der Waals surface area contributed by atoms with E-state index in [1.165, 1.54) is 41.5 Å². The Morgan fingerprint density at radius 3 is 0.250 bits per heavy atom. The van der Waals surface area contributed by atoms with E-state index in [9.17, 15) is 0 Å². The van der Waals surface area contributed by atoms with Crippen LogP contribution in [0.25, 0.3) is 0 Å². The van der Waals surface area contributed by atoms with E-state index in [4.69, 9.17) is 61.3 Å². The first-order valence-electron chi connectivity index (χ1n) is 6.56. The smallest absolute Gasteiger partial charge is 0.148 e. The average Bonchev–Trinajstić information content (AvgIpc) is 2.08. The van der Waals surface area contributed by atoms with Crippen LogP contribution in [-0.4, -0.2) is 121 Å². The monoisotopic (exact) mass is 1000 g/mol. The molecule has 0 aliphatic heterocycles. The second-order valence-electron chi connectivity index (χ2n) is 3.79. The van der Waals surface area contributed by atoms with Gasteiger partial charge in [-0.1, -0.05) is 0 Å². The maximum absolute atomic E-state index is 7.61. The maximum Gasteiger partial charge on any atom is 0.148 e. The number of aliphatic hydroxyl groups excluding tert-OH is 6. The van der Waals surface area contributed by atoms with Gasteiger partial charge in [0.25, 0.3) is 0 Å². The minimum absolute atomic E-state index is 0. The van der Waals surface area contributed by atoms with E-state index in [1.54, 1.807) is 0 Å². The molecule has 0 spiro atoms. The molecule has 0 aliphatic carbocycles. The Bertz CT molecular complexity index is 120. The van der Waals surface area contributed by atoms with Crippen LogP contribution in [-0.2, 0) is 0 Å². The number of hydrogen-bond donors (Lipinski definition) is 12. The van der Waals surface area contributed by atoms with Gasteiger partial charge < -0.3 is 83.2 Å². The summed E-state index contributed by atoms with van der Waals surface area (Å²) in [7, 11) is 0. The molecular formula is C12H44La4O16. The van der Waals surface area contributed by atoms with Gasteiger partial charge in [-0.2, -0.15) is 0 Å². The van der Waals surface area contributed by atoms with Gasteiger partial charge in [0.05, 0.1) is 0 Å². The topological polar surface area (TPSA) is 369 Å². The first-order chi connectivity index (χ1) is 10.4. The Kier molecular flexibility index (Phi) is 238.